The summed E-state index contributed by atoms with van der Waals surface area (Å²) in [5, 5.41) is 0. The summed E-state index contributed by atoms with van der Waals surface area (Å²) in [6, 6.07) is 14.5. The first-order valence-electron chi connectivity index (χ1n) is 6.54. The van der Waals surface area contributed by atoms with E-state index < -0.39 is 0 Å². The Hall–Kier alpha value is -1.32. The molecule has 0 atom stereocenters. The second-order valence-electron chi connectivity index (χ2n) is 4.64. The van der Waals surface area contributed by atoms with Gasteiger partial charge in [0.05, 0.1) is 11.0 Å². The van der Waals surface area contributed by atoms with Crippen LogP contribution in [0, 0.1) is 0 Å². The van der Waals surface area contributed by atoms with Crippen molar-refractivity contribution in [2.75, 3.05) is 0 Å². The van der Waals surface area contributed by atoms with Crippen molar-refractivity contribution < 1.29 is 0 Å². The largest absolute Gasteiger partial charge is 0.324 e. The molecule has 1 heterocycles. The lowest BCUT2D eigenvalue weighted by molar-refractivity contribution is 0.796. The fraction of sp³-hybridized carbons (Fsp3) is 0.188. The number of hydrogen-bond acceptors (Lipinski definition) is 1. The summed E-state index contributed by atoms with van der Waals surface area (Å²) in [6.07, 6.45) is 0. The Balaban J connectivity index is 2.18. The molecule has 20 heavy (non-hydrogen) atoms. The Bertz CT molecular complexity index is 747. The van der Waals surface area contributed by atoms with Crippen molar-refractivity contribution in [2.45, 2.75) is 19.3 Å². The van der Waals surface area contributed by atoms with Crippen LogP contribution in [0.3, 0.4) is 0 Å². The lowest BCUT2D eigenvalue weighted by Crippen LogP contribution is -1.97. The Morgan fingerprint density at radius 1 is 1.15 bits per heavy atom. The van der Waals surface area contributed by atoms with Gasteiger partial charge in [-0.2, -0.15) is 0 Å². The molecule has 0 unspecified atom stereocenters. The minimum Gasteiger partial charge on any atom is -0.324 e. The second-order valence-corrected chi connectivity index (χ2v) is 5.83. The number of alkyl halides is 1. The van der Waals surface area contributed by atoms with Gasteiger partial charge in [-0.05, 0) is 30.7 Å². The molecule has 0 N–H and O–H groups in total. The first-order valence-corrected chi connectivity index (χ1v) is 7.86. The minimum absolute atomic E-state index is 0.539. The molecular formula is C16H14BrClN2. The van der Waals surface area contributed by atoms with Crippen LogP contribution in [0.5, 0.6) is 0 Å². The van der Waals surface area contributed by atoms with Gasteiger partial charge in [0.2, 0.25) is 0 Å². The maximum Gasteiger partial charge on any atom is 0.141 e. The van der Waals surface area contributed by atoms with Gasteiger partial charge in [0.15, 0.2) is 0 Å². The van der Waals surface area contributed by atoms with Crippen molar-refractivity contribution in [2.24, 2.45) is 0 Å². The Morgan fingerprint density at radius 2 is 1.90 bits per heavy atom. The fourth-order valence-corrected chi connectivity index (χ4v) is 2.91. The Labute approximate surface area is 131 Å². The van der Waals surface area contributed by atoms with Gasteiger partial charge in [-0.25, -0.2) is 4.98 Å². The monoisotopic (exact) mass is 348 g/mol. The van der Waals surface area contributed by atoms with Crippen LogP contribution in [0.1, 0.15) is 12.5 Å². The number of benzene rings is 2. The Kier molecular flexibility index (Phi) is 3.81. The van der Waals surface area contributed by atoms with Crippen molar-refractivity contribution >= 4 is 38.6 Å². The number of halogens is 2. The number of nitrogens with zero attached hydrogens (tertiary/aromatic N) is 2. The van der Waals surface area contributed by atoms with Gasteiger partial charge in [-0.1, -0.05) is 40.2 Å². The Morgan fingerprint density at radius 3 is 2.55 bits per heavy atom. The molecule has 0 amide bonds. The summed E-state index contributed by atoms with van der Waals surface area (Å²) in [4.78, 5) is 4.77. The van der Waals surface area contributed by atoms with Crippen LogP contribution in [-0.2, 0) is 12.4 Å². The van der Waals surface area contributed by atoms with Crippen LogP contribution >= 0.6 is 27.5 Å². The summed E-state index contributed by atoms with van der Waals surface area (Å²) in [5.41, 5.74) is 4.41. The average molecular weight is 350 g/mol. The fourth-order valence-electron chi connectivity index (χ4n) is 2.39. The quantitative estimate of drug-likeness (QED) is 0.592. The topological polar surface area (TPSA) is 17.8 Å². The first kappa shape index (κ1) is 13.7. The van der Waals surface area contributed by atoms with Crippen LogP contribution in [-0.4, -0.2) is 9.55 Å². The van der Waals surface area contributed by atoms with Gasteiger partial charge in [0, 0.05) is 22.5 Å². The second kappa shape index (κ2) is 5.58. The predicted molar refractivity (Wildman–Crippen MR) is 88.1 cm³/mol. The highest BCUT2D eigenvalue weighted by atomic mass is 79.9. The van der Waals surface area contributed by atoms with Crippen LogP contribution < -0.4 is 0 Å². The van der Waals surface area contributed by atoms with Gasteiger partial charge in [-0.15, -0.1) is 11.6 Å². The zero-order valence-electron chi connectivity index (χ0n) is 11.1. The van der Waals surface area contributed by atoms with E-state index in [2.05, 4.69) is 69.9 Å². The van der Waals surface area contributed by atoms with E-state index in [0.29, 0.717) is 5.88 Å². The van der Waals surface area contributed by atoms with Gasteiger partial charge >= 0.3 is 0 Å². The molecule has 0 aliphatic rings. The van der Waals surface area contributed by atoms with E-state index in [1.54, 1.807) is 0 Å². The average Bonchev–Trinajstić information content (AvgIpc) is 2.84. The zero-order chi connectivity index (χ0) is 14.1. The number of imidazole rings is 1. The molecule has 102 valence electrons. The third kappa shape index (κ3) is 2.36. The zero-order valence-corrected chi connectivity index (χ0v) is 13.4. The number of aromatic nitrogens is 2. The van der Waals surface area contributed by atoms with Crippen molar-refractivity contribution in [1.29, 1.82) is 0 Å². The minimum atomic E-state index is 0.539. The molecule has 4 heteroatoms. The van der Waals surface area contributed by atoms with Crippen LogP contribution in [0.15, 0.2) is 46.9 Å². The molecule has 0 saturated carbocycles. The molecule has 2 aromatic carbocycles. The molecule has 0 saturated heterocycles. The third-order valence-corrected chi connectivity index (χ3v) is 4.19. The van der Waals surface area contributed by atoms with E-state index in [-0.39, 0.29) is 0 Å². The summed E-state index contributed by atoms with van der Waals surface area (Å²) < 4.78 is 3.28. The summed E-state index contributed by atoms with van der Waals surface area (Å²) in [5.74, 6) is 1.54. The summed E-state index contributed by atoms with van der Waals surface area (Å²) in [7, 11) is 0. The van der Waals surface area contributed by atoms with Crippen LogP contribution in [0.25, 0.3) is 22.4 Å². The first-order chi connectivity index (χ1) is 9.72. The lowest BCUT2D eigenvalue weighted by Gasteiger charge is -2.06. The molecule has 0 bridgehead atoms. The SMILES string of the molecule is CCn1c(-c2ccc(CCl)cc2)nc2cc(Br)ccc21. The predicted octanol–water partition coefficient (Wildman–Crippen LogP) is 5.22. The van der Waals surface area contributed by atoms with Crippen molar-refractivity contribution in [3.63, 3.8) is 0 Å². The van der Waals surface area contributed by atoms with E-state index in [0.717, 1.165) is 39.0 Å². The van der Waals surface area contributed by atoms with E-state index in [1.807, 2.05) is 0 Å². The van der Waals surface area contributed by atoms with Crippen molar-refractivity contribution in [3.8, 4) is 11.4 Å². The molecule has 1 aromatic heterocycles. The van der Waals surface area contributed by atoms with Gasteiger partial charge in [0.1, 0.15) is 5.82 Å². The van der Waals surface area contributed by atoms with Crippen molar-refractivity contribution in [1.82, 2.24) is 9.55 Å². The lowest BCUT2D eigenvalue weighted by atomic mass is 10.1. The highest BCUT2D eigenvalue weighted by Crippen LogP contribution is 2.27. The molecule has 0 spiro atoms. The maximum absolute atomic E-state index is 5.84. The number of hydrogen-bond donors (Lipinski definition) is 0. The number of rotatable bonds is 3. The number of aryl methyl sites for hydroxylation is 1. The van der Waals surface area contributed by atoms with Gasteiger partial charge < -0.3 is 4.57 Å². The highest BCUT2D eigenvalue weighted by molar-refractivity contribution is 9.10. The van der Waals surface area contributed by atoms with Crippen LogP contribution in [0.2, 0.25) is 0 Å². The molecule has 0 fully saturated rings. The van der Waals surface area contributed by atoms with E-state index in [4.69, 9.17) is 16.6 Å². The standard InChI is InChI=1S/C16H14BrClN2/c1-2-20-15-8-7-13(17)9-14(15)19-16(20)12-5-3-11(10-18)4-6-12/h3-9H,2,10H2,1H3. The summed E-state index contributed by atoms with van der Waals surface area (Å²) >= 11 is 9.34. The van der Waals surface area contributed by atoms with Gasteiger partial charge in [-0.3, -0.25) is 0 Å². The number of fused-ring (bicyclic) bond motifs is 1. The molecule has 0 radical (unpaired) electrons. The smallest absolute Gasteiger partial charge is 0.141 e. The normalized spacial score (nSPS) is 11.2. The molecule has 0 aliphatic carbocycles. The van der Waals surface area contributed by atoms with E-state index in [1.165, 1.54) is 0 Å². The van der Waals surface area contributed by atoms with E-state index in [9.17, 15) is 0 Å². The van der Waals surface area contributed by atoms with E-state index >= 15 is 0 Å². The third-order valence-electron chi connectivity index (χ3n) is 3.39. The maximum atomic E-state index is 5.84. The summed E-state index contributed by atoms with van der Waals surface area (Å²) in [6.45, 7) is 3.03. The molecule has 0 aliphatic heterocycles. The highest BCUT2D eigenvalue weighted by Gasteiger charge is 2.11. The molecule has 3 rings (SSSR count). The molecular weight excluding hydrogens is 336 g/mol. The van der Waals surface area contributed by atoms with Crippen LogP contribution in [0.4, 0.5) is 0 Å². The molecule has 2 nitrogen and oxygen atoms in total. The molecule has 3 aromatic rings. The van der Waals surface area contributed by atoms with Gasteiger partial charge in [0.25, 0.3) is 0 Å². The van der Waals surface area contributed by atoms with Crippen molar-refractivity contribution in [3.05, 3.63) is 52.5 Å².